The van der Waals surface area contributed by atoms with Crippen molar-refractivity contribution in [1.82, 2.24) is 10.2 Å². The minimum absolute atomic E-state index is 0.123. The van der Waals surface area contributed by atoms with Crippen LogP contribution in [-0.4, -0.2) is 29.3 Å². The number of benzene rings is 1. The van der Waals surface area contributed by atoms with E-state index in [0.717, 1.165) is 22.7 Å². The molecule has 0 aliphatic carbocycles. The van der Waals surface area contributed by atoms with E-state index in [1.807, 2.05) is 38.1 Å². The average molecular weight is 321 g/mol. The van der Waals surface area contributed by atoms with Gasteiger partial charge in [-0.25, -0.2) is 0 Å². The molecule has 0 fully saturated rings. The van der Waals surface area contributed by atoms with E-state index in [1.165, 1.54) is 11.3 Å². The highest BCUT2D eigenvalue weighted by atomic mass is 32.1. The number of hydrogen-bond donors (Lipinski definition) is 2. The summed E-state index contributed by atoms with van der Waals surface area (Å²) in [5, 5.41) is 12.1. The first kappa shape index (κ1) is 16.4. The summed E-state index contributed by atoms with van der Waals surface area (Å²) in [4.78, 5) is 12.1. The van der Waals surface area contributed by atoms with Crippen LogP contribution in [0.15, 0.2) is 24.3 Å². The number of methoxy groups -OCH3 is 1. The number of carbonyl (C=O) groups is 1. The average Bonchev–Trinajstić information content (AvgIpc) is 3.01. The lowest BCUT2D eigenvalue weighted by Gasteiger charge is -2.13. The highest BCUT2D eigenvalue weighted by Crippen LogP contribution is 2.28. The molecule has 2 atom stereocenters. The Balaban J connectivity index is 2.09. The first-order valence-corrected chi connectivity index (χ1v) is 7.98. The number of quaternary nitrogens is 1. The van der Waals surface area contributed by atoms with E-state index < -0.39 is 0 Å². The van der Waals surface area contributed by atoms with Crippen molar-refractivity contribution in [2.24, 2.45) is 5.92 Å². The van der Waals surface area contributed by atoms with E-state index in [0.29, 0.717) is 5.13 Å². The van der Waals surface area contributed by atoms with Crippen LogP contribution in [0.2, 0.25) is 0 Å². The summed E-state index contributed by atoms with van der Waals surface area (Å²) in [6.07, 6.45) is 0.909. The van der Waals surface area contributed by atoms with Crippen molar-refractivity contribution in [2.45, 2.75) is 26.3 Å². The number of ether oxygens (including phenoxy) is 1. The molecule has 2 rings (SSSR count). The normalized spacial score (nSPS) is 13.5. The molecule has 0 unspecified atom stereocenters. The molecule has 7 heteroatoms. The van der Waals surface area contributed by atoms with Crippen LogP contribution in [0.3, 0.4) is 0 Å². The largest absolute Gasteiger partial charge is 0.497 e. The molecule has 0 radical (unpaired) electrons. The van der Waals surface area contributed by atoms with Crippen LogP contribution in [0.4, 0.5) is 5.13 Å². The van der Waals surface area contributed by atoms with Crippen molar-refractivity contribution >= 4 is 22.4 Å². The van der Waals surface area contributed by atoms with Gasteiger partial charge in [0.25, 0.3) is 5.91 Å². The van der Waals surface area contributed by atoms with Gasteiger partial charge < -0.3 is 10.5 Å². The second-order valence-corrected chi connectivity index (χ2v) is 6.10. The first-order valence-electron chi connectivity index (χ1n) is 7.17. The summed E-state index contributed by atoms with van der Waals surface area (Å²) >= 11 is 1.33. The smallest absolute Gasteiger partial charge is 0.284 e. The predicted molar refractivity (Wildman–Crippen MR) is 86.7 cm³/mol. The monoisotopic (exact) mass is 321 g/mol. The van der Waals surface area contributed by atoms with Crippen LogP contribution >= 0.6 is 11.3 Å². The van der Waals surface area contributed by atoms with E-state index in [1.54, 1.807) is 7.11 Å². The molecule has 0 saturated heterocycles. The maximum Gasteiger partial charge on any atom is 0.284 e. The zero-order valence-electron chi connectivity index (χ0n) is 13.0. The van der Waals surface area contributed by atoms with E-state index in [4.69, 9.17) is 4.74 Å². The molecule has 0 spiro atoms. The lowest BCUT2D eigenvalue weighted by molar-refractivity contribution is -0.414. The standard InChI is InChI=1S/C15H20N4O2S/c1-4-9(2)12(16)13(20)17-15-19-18-14(22-15)10-6-5-7-11(8-10)21-3/h5-9,12H,4,16H2,1-3H3,(H,17,19,20)/p+1/t9-,12+/m0/s1. The fraction of sp³-hybridized carbons (Fsp3) is 0.400. The fourth-order valence-corrected chi connectivity index (χ4v) is 2.63. The molecule has 22 heavy (non-hydrogen) atoms. The molecule has 1 aromatic carbocycles. The zero-order valence-corrected chi connectivity index (χ0v) is 13.8. The van der Waals surface area contributed by atoms with Crippen molar-refractivity contribution in [1.29, 1.82) is 0 Å². The Hall–Kier alpha value is -1.99. The molecule has 1 amide bonds. The van der Waals surface area contributed by atoms with Crippen molar-refractivity contribution in [2.75, 3.05) is 12.4 Å². The Bertz CT molecular complexity index is 644. The van der Waals surface area contributed by atoms with Gasteiger partial charge in [-0.3, -0.25) is 10.1 Å². The van der Waals surface area contributed by atoms with Crippen LogP contribution in [0.1, 0.15) is 20.3 Å². The molecule has 118 valence electrons. The number of nitrogens with zero attached hydrogens (tertiary/aromatic N) is 2. The molecule has 0 aliphatic rings. The summed E-state index contributed by atoms with van der Waals surface area (Å²) in [7, 11) is 1.62. The first-order chi connectivity index (χ1) is 10.5. The maximum absolute atomic E-state index is 12.1. The van der Waals surface area contributed by atoms with Gasteiger partial charge in [-0.1, -0.05) is 37.3 Å². The number of rotatable bonds is 6. The Morgan fingerprint density at radius 1 is 1.45 bits per heavy atom. The summed E-state index contributed by atoms with van der Waals surface area (Å²) in [6, 6.07) is 7.28. The van der Waals surface area contributed by atoms with E-state index in [-0.39, 0.29) is 17.9 Å². The van der Waals surface area contributed by atoms with E-state index in [2.05, 4.69) is 21.2 Å². The Kier molecular flexibility index (Phi) is 5.46. The summed E-state index contributed by atoms with van der Waals surface area (Å²) < 4.78 is 5.20. The van der Waals surface area contributed by atoms with E-state index >= 15 is 0 Å². The van der Waals surface area contributed by atoms with Crippen LogP contribution in [0.5, 0.6) is 5.75 Å². The third-order valence-corrected chi connectivity index (χ3v) is 4.53. The molecule has 4 N–H and O–H groups in total. The molecule has 0 bridgehead atoms. The number of nitrogens with one attached hydrogen (secondary N) is 1. The van der Waals surface area contributed by atoms with Gasteiger partial charge in [-0.15, -0.1) is 10.2 Å². The van der Waals surface area contributed by atoms with E-state index in [9.17, 15) is 4.79 Å². The van der Waals surface area contributed by atoms with Gasteiger partial charge in [-0.05, 0) is 18.6 Å². The topological polar surface area (TPSA) is 91.8 Å². The Labute approximate surface area is 133 Å². The van der Waals surface area contributed by atoms with Gasteiger partial charge >= 0.3 is 0 Å². The van der Waals surface area contributed by atoms with Crippen LogP contribution in [0, 0.1) is 5.92 Å². The number of anilines is 1. The molecule has 1 aromatic heterocycles. The number of amides is 1. The summed E-state index contributed by atoms with van der Waals surface area (Å²) in [5.74, 6) is 0.862. The third-order valence-electron chi connectivity index (χ3n) is 3.64. The number of carbonyl (C=O) groups excluding carboxylic acids is 1. The van der Waals surface area contributed by atoms with Crippen LogP contribution < -0.4 is 15.8 Å². The lowest BCUT2D eigenvalue weighted by atomic mass is 10.00. The van der Waals surface area contributed by atoms with Gasteiger partial charge in [0.05, 0.1) is 7.11 Å². The van der Waals surface area contributed by atoms with Crippen molar-refractivity contribution in [3.8, 4) is 16.3 Å². The van der Waals surface area contributed by atoms with Crippen molar-refractivity contribution in [3.05, 3.63) is 24.3 Å². The highest BCUT2D eigenvalue weighted by molar-refractivity contribution is 7.18. The second-order valence-electron chi connectivity index (χ2n) is 5.13. The van der Waals surface area contributed by atoms with Crippen molar-refractivity contribution < 1.29 is 15.3 Å². The van der Waals surface area contributed by atoms with Crippen LogP contribution in [-0.2, 0) is 4.79 Å². The molecule has 0 aliphatic heterocycles. The minimum Gasteiger partial charge on any atom is -0.497 e. The maximum atomic E-state index is 12.1. The SMILES string of the molecule is CC[C@H](C)[C@@H]([NH3+])C(=O)Nc1nnc(-c2cccc(OC)c2)s1. The van der Waals surface area contributed by atoms with Gasteiger partial charge in [0.2, 0.25) is 5.13 Å². The highest BCUT2D eigenvalue weighted by Gasteiger charge is 2.24. The molecule has 2 aromatic rings. The minimum atomic E-state index is -0.297. The van der Waals surface area contributed by atoms with Gasteiger partial charge in [-0.2, -0.15) is 0 Å². The Morgan fingerprint density at radius 3 is 2.91 bits per heavy atom. The van der Waals surface area contributed by atoms with Crippen LogP contribution in [0.25, 0.3) is 10.6 Å². The van der Waals surface area contributed by atoms with Crippen molar-refractivity contribution in [3.63, 3.8) is 0 Å². The molecule has 1 heterocycles. The molecule has 6 nitrogen and oxygen atoms in total. The molecular weight excluding hydrogens is 300 g/mol. The fourth-order valence-electron chi connectivity index (χ4n) is 1.89. The quantitative estimate of drug-likeness (QED) is 0.849. The third kappa shape index (κ3) is 3.80. The molecular formula is C15H21N4O2S+. The lowest BCUT2D eigenvalue weighted by Crippen LogP contribution is -2.69. The second kappa shape index (κ2) is 7.33. The number of hydrogen-bond acceptors (Lipinski definition) is 5. The number of aromatic nitrogens is 2. The molecule has 0 saturated carbocycles. The predicted octanol–water partition coefficient (Wildman–Crippen LogP) is 1.81. The summed E-state index contributed by atoms with van der Waals surface area (Å²) in [5.41, 5.74) is 4.83. The summed E-state index contributed by atoms with van der Waals surface area (Å²) in [6.45, 7) is 4.06. The zero-order chi connectivity index (χ0) is 16.1. The Morgan fingerprint density at radius 2 is 2.23 bits per heavy atom. The van der Waals surface area contributed by atoms with Gasteiger partial charge in [0.15, 0.2) is 6.04 Å². The van der Waals surface area contributed by atoms with Gasteiger partial charge in [0.1, 0.15) is 10.8 Å². The van der Waals surface area contributed by atoms with Gasteiger partial charge in [0, 0.05) is 11.5 Å².